The lowest BCUT2D eigenvalue weighted by Crippen LogP contribution is -2.19. The number of hydrogen-bond acceptors (Lipinski definition) is 3. The number of thioether (sulfide) groups is 1. The summed E-state index contributed by atoms with van der Waals surface area (Å²) in [5.41, 5.74) is 2.52. The van der Waals surface area contributed by atoms with Gasteiger partial charge in [-0.2, -0.15) is 5.10 Å². The fraction of sp³-hybridized carbons (Fsp3) is 0.444. The summed E-state index contributed by atoms with van der Waals surface area (Å²) in [6.07, 6.45) is 6.60. The molecule has 1 fully saturated rings. The molecule has 1 saturated carbocycles. The maximum atomic E-state index is 12.2. The minimum atomic E-state index is 0.0439. The smallest absolute Gasteiger partial charge is 0.235 e. The quantitative estimate of drug-likeness (QED) is 0.865. The van der Waals surface area contributed by atoms with Crippen molar-refractivity contribution in [2.24, 2.45) is 0 Å². The second kappa shape index (κ2) is 7.68. The molecule has 1 aromatic carbocycles. The Labute approximate surface area is 141 Å². The van der Waals surface area contributed by atoms with E-state index in [1.165, 1.54) is 24.0 Å². The topological polar surface area (TPSA) is 46.9 Å². The molecular weight excluding hydrogens is 306 g/mol. The number of aryl methyl sites for hydroxylation is 1. The number of hydrogen-bond donors (Lipinski definition) is 1. The minimum Gasteiger partial charge on any atom is -0.310 e. The number of aromatic nitrogens is 2. The predicted octanol–water partition coefficient (Wildman–Crippen LogP) is 4.18. The van der Waals surface area contributed by atoms with Crippen LogP contribution in [0.3, 0.4) is 0 Å². The highest BCUT2D eigenvalue weighted by atomic mass is 32.2. The molecule has 0 spiro atoms. The van der Waals surface area contributed by atoms with Crippen molar-refractivity contribution in [2.75, 3.05) is 11.1 Å². The normalized spacial score (nSPS) is 15.0. The Balaban J connectivity index is 1.49. The number of benzene rings is 1. The van der Waals surface area contributed by atoms with E-state index in [2.05, 4.69) is 41.6 Å². The minimum absolute atomic E-state index is 0.0439. The lowest BCUT2D eigenvalue weighted by molar-refractivity contribution is -0.113. The molecule has 0 unspecified atom stereocenters. The summed E-state index contributed by atoms with van der Waals surface area (Å²) < 4.78 is 1.98. The van der Waals surface area contributed by atoms with E-state index < -0.39 is 0 Å². The number of rotatable bonds is 6. The van der Waals surface area contributed by atoms with Crippen molar-refractivity contribution in [3.8, 4) is 0 Å². The van der Waals surface area contributed by atoms with Crippen LogP contribution < -0.4 is 5.32 Å². The van der Waals surface area contributed by atoms with Crippen molar-refractivity contribution in [3.63, 3.8) is 0 Å². The summed E-state index contributed by atoms with van der Waals surface area (Å²) in [5, 5.41) is 7.39. The van der Waals surface area contributed by atoms with Gasteiger partial charge in [0, 0.05) is 11.8 Å². The predicted molar refractivity (Wildman–Crippen MR) is 95.7 cm³/mol. The van der Waals surface area contributed by atoms with E-state index in [0.717, 1.165) is 24.4 Å². The Morgan fingerprint density at radius 1 is 1.35 bits per heavy atom. The van der Waals surface area contributed by atoms with Gasteiger partial charge in [-0.15, -0.1) is 11.8 Å². The fourth-order valence-corrected chi connectivity index (χ4v) is 3.87. The van der Waals surface area contributed by atoms with E-state index in [9.17, 15) is 4.79 Å². The average molecular weight is 329 g/mol. The fourth-order valence-electron chi connectivity index (χ4n) is 3.10. The molecular formula is C18H23N3OS. The third kappa shape index (κ3) is 4.38. The molecule has 1 aromatic heterocycles. The molecule has 1 heterocycles. The lowest BCUT2D eigenvalue weighted by Gasteiger charge is -2.14. The van der Waals surface area contributed by atoms with Crippen LogP contribution in [-0.2, 0) is 10.5 Å². The summed E-state index contributed by atoms with van der Waals surface area (Å²) in [6.45, 7) is 2.09. The van der Waals surface area contributed by atoms with Gasteiger partial charge in [-0.1, -0.05) is 42.7 Å². The third-order valence-corrected chi connectivity index (χ3v) is 5.20. The zero-order valence-corrected chi connectivity index (χ0v) is 14.3. The molecule has 1 aliphatic carbocycles. The van der Waals surface area contributed by atoms with Gasteiger partial charge in [0.1, 0.15) is 5.82 Å². The first-order valence-corrected chi connectivity index (χ1v) is 9.34. The first kappa shape index (κ1) is 16.1. The maximum absolute atomic E-state index is 12.2. The van der Waals surface area contributed by atoms with Gasteiger partial charge in [-0.05, 0) is 25.3 Å². The van der Waals surface area contributed by atoms with Gasteiger partial charge < -0.3 is 5.32 Å². The lowest BCUT2D eigenvalue weighted by atomic mass is 10.2. The average Bonchev–Trinajstić information content (AvgIpc) is 3.18. The zero-order chi connectivity index (χ0) is 16.1. The van der Waals surface area contributed by atoms with Gasteiger partial charge in [-0.25, -0.2) is 4.68 Å². The number of carbonyl (C=O) groups excluding carboxylic acids is 1. The highest BCUT2D eigenvalue weighted by molar-refractivity contribution is 7.99. The van der Waals surface area contributed by atoms with Crippen LogP contribution in [0.2, 0.25) is 0 Å². The highest BCUT2D eigenvalue weighted by Gasteiger charge is 2.20. The van der Waals surface area contributed by atoms with Crippen LogP contribution in [0.1, 0.15) is 42.9 Å². The Hall–Kier alpha value is -1.75. The van der Waals surface area contributed by atoms with Gasteiger partial charge in [0.05, 0.1) is 18.0 Å². The first-order chi connectivity index (χ1) is 11.2. The molecule has 2 aromatic rings. The van der Waals surface area contributed by atoms with E-state index in [4.69, 9.17) is 0 Å². The number of carbonyl (C=O) groups is 1. The Morgan fingerprint density at radius 2 is 2.17 bits per heavy atom. The van der Waals surface area contributed by atoms with E-state index in [1.54, 1.807) is 18.0 Å². The van der Waals surface area contributed by atoms with Crippen LogP contribution in [0, 0.1) is 6.92 Å². The summed E-state index contributed by atoms with van der Waals surface area (Å²) in [7, 11) is 0. The van der Waals surface area contributed by atoms with Gasteiger partial charge in [0.2, 0.25) is 5.91 Å². The van der Waals surface area contributed by atoms with Crippen molar-refractivity contribution in [1.82, 2.24) is 9.78 Å². The molecule has 0 bridgehead atoms. The molecule has 23 heavy (non-hydrogen) atoms. The number of anilines is 1. The maximum Gasteiger partial charge on any atom is 0.235 e. The first-order valence-electron chi connectivity index (χ1n) is 8.19. The molecule has 1 N–H and O–H groups in total. The number of nitrogens with zero attached hydrogens (tertiary/aromatic N) is 2. The molecule has 1 amide bonds. The molecule has 0 atom stereocenters. The summed E-state index contributed by atoms with van der Waals surface area (Å²) in [6, 6.07) is 10.8. The van der Waals surface area contributed by atoms with Crippen LogP contribution in [0.5, 0.6) is 0 Å². The van der Waals surface area contributed by atoms with Crippen molar-refractivity contribution in [1.29, 1.82) is 0 Å². The van der Waals surface area contributed by atoms with E-state index in [-0.39, 0.29) is 5.91 Å². The molecule has 5 heteroatoms. The van der Waals surface area contributed by atoms with Crippen molar-refractivity contribution in [2.45, 2.75) is 44.4 Å². The number of amides is 1. The van der Waals surface area contributed by atoms with E-state index in [0.29, 0.717) is 11.8 Å². The van der Waals surface area contributed by atoms with Gasteiger partial charge in [0.25, 0.3) is 0 Å². The second-order valence-electron chi connectivity index (χ2n) is 6.13. The third-order valence-electron chi connectivity index (χ3n) is 4.19. The van der Waals surface area contributed by atoms with Crippen molar-refractivity contribution in [3.05, 3.63) is 47.7 Å². The summed E-state index contributed by atoms with van der Waals surface area (Å²) in [5.74, 6) is 2.20. The van der Waals surface area contributed by atoms with Crippen LogP contribution in [0.4, 0.5) is 5.82 Å². The monoisotopic (exact) mass is 329 g/mol. The standard InChI is InChI=1S/C18H23N3OS/c1-14-5-4-6-15(11-14)12-23-13-18(22)20-17-9-10-19-21(17)16-7-2-3-8-16/h4-6,9-11,16H,2-3,7-8,12-13H2,1H3,(H,20,22). The largest absolute Gasteiger partial charge is 0.310 e. The van der Waals surface area contributed by atoms with Gasteiger partial charge in [0.15, 0.2) is 0 Å². The van der Waals surface area contributed by atoms with Crippen LogP contribution in [-0.4, -0.2) is 21.4 Å². The molecule has 0 radical (unpaired) electrons. The Bertz CT molecular complexity index is 662. The molecule has 1 aliphatic rings. The second-order valence-corrected chi connectivity index (χ2v) is 7.11. The number of nitrogens with one attached hydrogen (secondary N) is 1. The Kier molecular flexibility index (Phi) is 5.39. The molecule has 0 aliphatic heterocycles. The molecule has 122 valence electrons. The van der Waals surface area contributed by atoms with Crippen molar-refractivity contribution < 1.29 is 4.79 Å². The molecule has 4 nitrogen and oxygen atoms in total. The summed E-state index contributed by atoms with van der Waals surface area (Å²) >= 11 is 1.64. The SMILES string of the molecule is Cc1cccc(CSCC(=O)Nc2ccnn2C2CCCC2)c1. The van der Waals surface area contributed by atoms with Gasteiger partial charge in [-0.3, -0.25) is 4.79 Å². The van der Waals surface area contributed by atoms with E-state index in [1.807, 2.05) is 10.7 Å². The van der Waals surface area contributed by atoms with Crippen LogP contribution in [0.15, 0.2) is 36.5 Å². The Morgan fingerprint density at radius 3 is 2.96 bits per heavy atom. The van der Waals surface area contributed by atoms with E-state index >= 15 is 0 Å². The summed E-state index contributed by atoms with van der Waals surface area (Å²) in [4.78, 5) is 12.2. The van der Waals surface area contributed by atoms with Crippen molar-refractivity contribution >= 4 is 23.5 Å². The van der Waals surface area contributed by atoms with Crippen LogP contribution in [0.25, 0.3) is 0 Å². The molecule has 3 rings (SSSR count). The van der Waals surface area contributed by atoms with Crippen LogP contribution >= 0.6 is 11.8 Å². The molecule has 0 saturated heterocycles. The van der Waals surface area contributed by atoms with Gasteiger partial charge >= 0.3 is 0 Å². The highest BCUT2D eigenvalue weighted by Crippen LogP contribution is 2.31. The zero-order valence-electron chi connectivity index (χ0n) is 13.5.